The van der Waals surface area contributed by atoms with Crippen molar-refractivity contribution in [2.75, 3.05) is 6.61 Å². The molecule has 0 fully saturated rings. The quantitative estimate of drug-likeness (QED) is 0.513. The third-order valence-corrected chi connectivity index (χ3v) is 1.05. The van der Waals surface area contributed by atoms with Gasteiger partial charge in [0.25, 0.3) is 0 Å². The number of hydrogen-bond donors (Lipinski definition) is 1. The fourth-order valence-corrected chi connectivity index (χ4v) is 0.582. The van der Waals surface area contributed by atoms with Crippen LogP contribution in [0.3, 0.4) is 0 Å². The van der Waals surface area contributed by atoms with E-state index >= 15 is 0 Å². The fourth-order valence-electron chi connectivity index (χ4n) is 0.582. The molecule has 0 unspecified atom stereocenters. The second kappa shape index (κ2) is 3.55. The van der Waals surface area contributed by atoms with Gasteiger partial charge in [0.15, 0.2) is 0 Å². The lowest BCUT2D eigenvalue weighted by atomic mass is 10.4. The van der Waals surface area contributed by atoms with Gasteiger partial charge in [-0.15, -0.1) is 0 Å². The molecular formula is C7H8N2O2. The van der Waals surface area contributed by atoms with E-state index in [4.69, 9.17) is 4.74 Å². The number of carbonyl (C=O) groups excluding carboxylic acids is 1. The Morgan fingerprint density at radius 1 is 1.91 bits per heavy atom. The van der Waals surface area contributed by atoms with Crippen LogP contribution in [0.15, 0.2) is 24.9 Å². The van der Waals surface area contributed by atoms with Gasteiger partial charge >= 0.3 is 5.97 Å². The minimum Gasteiger partial charge on any atom is -0.457 e. The molecule has 1 aromatic heterocycles. The Hall–Kier alpha value is -1.58. The Bertz CT molecular complexity index is 241. The van der Waals surface area contributed by atoms with E-state index < -0.39 is 5.97 Å². The Labute approximate surface area is 63.9 Å². The molecule has 11 heavy (non-hydrogen) atoms. The number of hydrogen-bond acceptors (Lipinski definition) is 3. The molecular weight excluding hydrogens is 144 g/mol. The van der Waals surface area contributed by atoms with Crippen molar-refractivity contribution in [3.8, 4) is 0 Å². The molecule has 4 heteroatoms. The number of ether oxygens (including phenoxy) is 1. The number of aromatic nitrogens is 2. The van der Waals surface area contributed by atoms with Crippen molar-refractivity contribution >= 4 is 5.97 Å². The summed E-state index contributed by atoms with van der Waals surface area (Å²) >= 11 is 0. The molecule has 1 heterocycles. The van der Waals surface area contributed by atoms with Crippen LogP contribution in [0.2, 0.25) is 0 Å². The van der Waals surface area contributed by atoms with Crippen molar-refractivity contribution in [3.05, 3.63) is 30.6 Å². The predicted molar refractivity (Wildman–Crippen MR) is 39.1 cm³/mol. The number of esters is 1. The van der Waals surface area contributed by atoms with Crippen LogP contribution in [0.1, 0.15) is 10.5 Å². The molecule has 0 aliphatic heterocycles. The Morgan fingerprint density at radius 3 is 3.27 bits per heavy atom. The summed E-state index contributed by atoms with van der Waals surface area (Å²) in [4.78, 5) is 10.9. The second-order valence-electron chi connectivity index (χ2n) is 1.86. The third kappa shape index (κ3) is 1.93. The van der Waals surface area contributed by atoms with E-state index in [1.807, 2.05) is 0 Å². The topological polar surface area (TPSA) is 55.0 Å². The summed E-state index contributed by atoms with van der Waals surface area (Å²) in [6.45, 7) is 3.63. The molecule has 0 amide bonds. The molecule has 1 aromatic rings. The number of carbonyl (C=O) groups is 1. The van der Waals surface area contributed by atoms with Gasteiger partial charge in [0.1, 0.15) is 12.3 Å². The zero-order valence-electron chi connectivity index (χ0n) is 5.91. The fraction of sp³-hybridized carbons (Fsp3) is 0.143. The summed E-state index contributed by atoms with van der Waals surface area (Å²) in [5.74, 6) is -0.414. The standard InChI is InChI=1S/C7H8N2O2/c1-2-5-11-7(10)6-3-4-8-9-6/h2-4H,1,5H2,(H,8,9). The van der Waals surface area contributed by atoms with Crippen LogP contribution in [-0.4, -0.2) is 22.8 Å². The molecule has 1 N–H and O–H groups in total. The highest BCUT2D eigenvalue weighted by atomic mass is 16.5. The summed E-state index contributed by atoms with van der Waals surface area (Å²) in [6.07, 6.45) is 3.00. The normalized spacial score (nSPS) is 9.09. The Morgan fingerprint density at radius 2 is 2.73 bits per heavy atom. The van der Waals surface area contributed by atoms with Gasteiger partial charge in [-0.1, -0.05) is 12.7 Å². The third-order valence-electron chi connectivity index (χ3n) is 1.05. The van der Waals surface area contributed by atoms with E-state index in [0.29, 0.717) is 5.69 Å². The molecule has 1 rings (SSSR count). The maximum Gasteiger partial charge on any atom is 0.356 e. The lowest BCUT2D eigenvalue weighted by Gasteiger charge is -1.96. The van der Waals surface area contributed by atoms with Crippen molar-refractivity contribution in [2.24, 2.45) is 0 Å². The van der Waals surface area contributed by atoms with E-state index in [1.54, 1.807) is 6.07 Å². The number of nitrogens with zero attached hydrogens (tertiary/aromatic N) is 1. The highest BCUT2D eigenvalue weighted by Gasteiger charge is 2.05. The maximum absolute atomic E-state index is 10.9. The van der Waals surface area contributed by atoms with E-state index in [2.05, 4.69) is 16.8 Å². The maximum atomic E-state index is 10.9. The van der Waals surface area contributed by atoms with Crippen molar-refractivity contribution in [1.82, 2.24) is 10.2 Å². The summed E-state index contributed by atoms with van der Waals surface area (Å²) in [6, 6.07) is 1.55. The molecule has 0 bridgehead atoms. The zero-order valence-corrected chi connectivity index (χ0v) is 5.91. The van der Waals surface area contributed by atoms with Gasteiger partial charge in [0, 0.05) is 6.20 Å². The molecule has 0 radical (unpaired) electrons. The average Bonchev–Trinajstić information content (AvgIpc) is 2.52. The predicted octanol–water partition coefficient (Wildman–Crippen LogP) is 0.752. The molecule has 58 valence electrons. The van der Waals surface area contributed by atoms with Crippen LogP contribution in [0.4, 0.5) is 0 Å². The van der Waals surface area contributed by atoms with Gasteiger partial charge in [-0.05, 0) is 6.07 Å². The van der Waals surface area contributed by atoms with Crippen LogP contribution in [-0.2, 0) is 4.74 Å². The molecule has 0 aliphatic carbocycles. The first-order valence-corrected chi connectivity index (χ1v) is 3.12. The second-order valence-corrected chi connectivity index (χ2v) is 1.86. The average molecular weight is 152 g/mol. The van der Waals surface area contributed by atoms with Crippen molar-refractivity contribution < 1.29 is 9.53 Å². The van der Waals surface area contributed by atoms with E-state index in [0.717, 1.165) is 0 Å². The van der Waals surface area contributed by atoms with Gasteiger partial charge in [-0.2, -0.15) is 5.10 Å². The molecule has 0 saturated carbocycles. The number of nitrogens with one attached hydrogen (secondary N) is 1. The largest absolute Gasteiger partial charge is 0.457 e. The Kier molecular flexibility index (Phi) is 2.43. The summed E-state index contributed by atoms with van der Waals surface area (Å²) in [5, 5.41) is 6.09. The smallest absolute Gasteiger partial charge is 0.356 e. The molecule has 0 aliphatic rings. The van der Waals surface area contributed by atoms with E-state index in [9.17, 15) is 4.79 Å². The van der Waals surface area contributed by atoms with Crippen LogP contribution in [0.25, 0.3) is 0 Å². The minimum atomic E-state index is -0.414. The molecule has 0 aromatic carbocycles. The van der Waals surface area contributed by atoms with Crippen LogP contribution >= 0.6 is 0 Å². The van der Waals surface area contributed by atoms with Crippen molar-refractivity contribution in [2.45, 2.75) is 0 Å². The van der Waals surface area contributed by atoms with Gasteiger partial charge in [0.05, 0.1) is 0 Å². The van der Waals surface area contributed by atoms with Crippen molar-refractivity contribution in [3.63, 3.8) is 0 Å². The number of H-pyrrole nitrogens is 1. The highest BCUT2D eigenvalue weighted by molar-refractivity contribution is 5.86. The first-order chi connectivity index (χ1) is 5.34. The minimum absolute atomic E-state index is 0.220. The zero-order chi connectivity index (χ0) is 8.10. The van der Waals surface area contributed by atoms with Crippen molar-refractivity contribution in [1.29, 1.82) is 0 Å². The van der Waals surface area contributed by atoms with E-state index in [-0.39, 0.29) is 6.61 Å². The lowest BCUT2D eigenvalue weighted by Crippen LogP contribution is -2.05. The van der Waals surface area contributed by atoms with Gasteiger partial charge < -0.3 is 4.74 Å². The first-order valence-electron chi connectivity index (χ1n) is 3.12. The van der Waals surface area contributed by atoms with Gasteiger partial charge in [0.2, 0.25) is 0 Å². The summed E-state index contributed by atoms with van der Waals surface area (Å²) in [7, 11) is 0. The van der Waals surface area contributed by atoms with Crippen LogP contribution in [0.5, 0.6) is 0 Å². The number of rotatable bonds is 3. The molecule has 0 atom stereocenters. The molecule has 0 spiro atoms. The highest BCUT2D eigenvalue weighted by Crippen LogP contribution is 1.94. The Balaban J connectivity index is 2.49. The van der Waals surface area contributed by atoms with E-state index in [1.165, 1.54) is 12.3 Å². The van der Waals surface area contributed by atoms with Crippen LogP contribution in [0, 0.1) is 0 Å². The van der Waals surface area contributed by atoms with Gasteiger partial charge in [-0.25, -0.2) is 4.79 Å². The van der Waals surface area contributed by atoms with Gasteiger partial charge in [-0.3, -0.25) is 5.10 Å². The monoisotopic (exact) mass is 152 g/mol. The summed E-state index contributed by atoms with van der Waals surface area (Å²) in [5.41, 5.74) is 0.354. The number of aromatic amines is 1. The molecule has 0 saturated heterocycles. The summed E-state index contributed by atoms with van der Waals surface area (Å²) < 4.78 is 4.71. The lowest BCUT2D eigenvalue weighted by molar-refractivity contribution is 0.0543. The first kappa shape index (κ1) is 7.53. The van der Waals surface area contributed by atoms with Crippen LogP contribution < -0.4 is 0 Å². The molecule has 4 nitrogen and oxygen atoms in total. The SMILES string of the molecule is C=CCOC(=O)c1ccn[nH]1.